The molecular formula is C23H34Si3. The van der Waals surface area contributed by atoms with Crippen LogP contribution < -0.4 is 10.4 Å². The molecule has 26 heavy (non-hydrogen) atoms. The van der Waals surface area contributed by atoms with Crippen molar-refractivity contribution < 1.29 is 0 Å². The fraction of sp³-hybridized carbons (Fsp3) is 0.304. The lowest BCUT2D eigenvalue weighted by Crippen LogP contribution is -2.62. The predicted octanol–water partition coefficient (Wildman–Crippen LogP) is 5.66. The zero-order valence-corrected chi connectivity index (χ0v) is 20.3. The topological polar surface area (TPSA) is 0 Å². The Morgan fingerprint density at radius 2 is 1.19 bits per heavy atom. The van der Waals surface area contributed by atoms with Gasteiger partial charge >= 0.3 is 0 Å². The van der Waals surface area contributed by atoms with E-state index in [4.69, 9.17) is 0 Å². The molecule has 3 heteroatoms. The molecule has 0 aliphatic carbocycles. The average molecular weight is 395 g/mol. The van der Waals surface area contributed by atoms with Crippen molar-refractivity contribution in [3.8, 4) is 0 Å². The Bertz CT molecular complexity index is 714. The molecule has 0 atom stereocenters. The molecule has 0 saturated carbocycles. The fourth-order valence-corrected chi connectivity index (χ4v) is 20.4. The number of benzene rings is 2. The van der Waals surface area contributed by atoms with Crippen molar-refractivity contribution in [2.45, 2.75) is 45.3 Å². The first kappa shape index (κ1) is 20.9. The van der Waals surface area contributed by atoms with Crippen molar-refractivity contribution in [2.24, 2.45) is 0 Å². The second-order valence-electron chi connectivity index (χ2n) is 9.15. The summed E-state index contributed by atoms with van der Waals surface area (Å²) in [5.74, 6) is 0. The highest BCUT2D eigenvalue weighted by molar-refractivity contribution is 7.18. The Kier molecular flexibility index (Phi) is 6.48. The van der Waals surface area contributed by atoms with Crippen LogP contribution in [0.25, 0.3) is 0 Å². The van der Waals surface area contributed by atoms with Crippen LogP contribution in [0.2, 0.25) is 45.3 Å². The number of hydrogen-bond donors (Lipinski definition) is 0. The van der Waals surface area contributed by atoms with Gasteiger partial charge in [-0.1, -0.05) is 121 Å². The van der Waals surface area contributed by atoms with Crippen molar-refractivity contribution in [1.29, 1.82) is 0 Å². The van der Waals surface area contributed by atoms with E-state index in [0.717, 1.165) is 6.04 Å². The van der Waals surface area contributed by atoms with Crippen LogP contribution in [0, 0.1) is 0 Å². The third-order valence-electron chi connectivity index (χ3n) is 5.25. The smallest absolute Gasteiger partial charge is 0.103 e. The van der Waals surface area contributed by atoms with Gasteiger partial charge in [-0.25, -0.2) is 0 Å². The molecule has 2 rings (SSSR count). The minimum Gasteiger partial charge on any atom is -0.103 e. The maximum Gasteiger partial charge on any atom is 0.137 e. The maximum absolute atomic E-state index is 4.02. The summed E-state index contributed by atoms with van der Waals surface area (Å²) in [6.45, 7) is 19.1. The lowest BCUT2D eigenvalue weighted by molar-refractivity contribution is 1.54. The predicted molar refractivity (Wildman–Crippen MR) is 128 cm³/mol. The molecule has 0 radical (unpaired) electrons. The van der Waals surface area contributed by atoms with E-state index in [1.54, 1.807) is 4.82 Å². The van der Waals surface area contributed by atoms with E-state index < -0.39 is 24.2 Å². The van der Waals surface area contributed by atoms with Crippen LogP contribution in [0.5, 0.6) is 0 Å². The molecule has 0 heterocycles. The van der Waals surface area contributed by atoms with Gasteiger partial charge < -0.3 is 0 Å². The lowest BCUT2D eigenvalue weighted by Gasteiger charge is -2.40. The summed E-state index contributed by atoms with van der Waals surface area (Å²) in [6, 6.07) is 23.7. The maximum atomic E-state index is 4.02. The van der Waals surface area contributed by atoms with Crippen LogP contribution in [0.1, 0.15) is 0 Å². The minimum absolute atomic E-state index is 1.15. The van der Waals surface area contributed by atoms with Gasteiger partial charge in [0.2, 0.25) is 0 Å². The molecule has 0 saturated heterocycles. The van der Waals surface area contributed by atoms with Gasteiger partial charge in [0.1, 0.15) is 8.07 Å². The van der Waals surface area contributed by atoms with E-state index in [-0.39, 0.29) is 0 Å². The molecule has 0 spiro atoms. The van der Waals surface area contributed by atoms with Crippen LogP contribution in [-0.2, 0) is 0 Å². The van der Waals surface area contributed by atoms with Crippen molar-refractivity contribution in [3.05, 3.63) is 83.8 Å². The van der Waals surface area contributed by atoms with Gasteiger partial charge in [-0.2, -0.15) is 0 Å². The molecule has 0 nitrogen and oxygen atoms in total. The Hall–Kier alpha value is -1.43. The number of hydrogen-bond acceptors (Lipinski definition) is 0. The minimum atomic E-state index is -1.98. The molecule has 0 aliphatic heterocycles. The Labute approximate surface area is 163 Å². The van der Waals surface area contributed by atoms with E-state index in [0.29, 0.717) is 0 Å². The van der Waals surface area contributed by atoms with E-state index in [1.807, 2.05) is 0 Å². The average Bonchev–Trinajstić information content (AvgIpc) is 2.60. The number of rotatable bonds is 7. The molecule has 2 aromatic carbocycles. The molecule has 2 aromatic rings. The van der Waals surface area contributed by atoms with Crippen LogP contribution in [-0.4, -0.2) is 24.2 Å². The normalized spacial score (nSPS) is 13.5. The van der Waals surface area contributed by atoms with Gasteiger partial charge in [0, 0.05) is 0 Å². The Balaban J connectivity index is 2.80. The zero-order chi connectivity index (χ0) is 19.4. The number of allylic oxidation sites excluding steroid dienone is 1. The lowest BCUT2D eigenvalue weighted by atomic mass is 10.4. The van der Waals surface area contributed by atoms with Gasteiger partial charge in [0.25, 0.3) is 0 Å². The Morgan fingerprint density at radius 1 is 0.769 bits per heavy atom. The SMILES string of the molecule is C=CC[Si](C)(C)/C=C(\[Si](C)(C)C)[Si](C)(c1ccccc1)c1ccccc1. The standard InChI is InChI=1S/C23H34Si3/c1-8-19-25(5,6)20-23(24(2,3)4)26(7,21-15-11-9-12-16-21)22-17-13-10-14-18-22/h8-18,20H,1,19H2,2-7H3/b23-20+. The monoisotopic (exact) mass is 394 g/mol. The van der Waals surface area contributed by atoms with E-state index in [9.17, 15) is 0 Å². The second-order valence-corrected chi connectivity index (χ2v) is 23.3. The summed E-state index contributed by atoms with van der Waals surface area (Å²) >= 11 is 0. The highest BCUT2D eigenvalue weighted by atomic mass is 28.4. The third kappa shape index (κ3) is 4.64. The molecule has 0 bridgehead atoms. The van der Waals surface area contributed by atoms with Gasteiger partial charge in [-0.3, -0.25) is 0 Å². The highest BCUT2D eigenvalue weighted by Crippen LogP contribution is 2.29. The molecule has 0 amide bonds. The first-order valence-corrected chi connectivity index (χ1v) is 18.9. The van der Waals surface area contributed by atoms with E-state index >= 15 is 0 Å². The largest absolute Gasteiger partial charge is 0.137 e. The molecule has 138 valence electrons. The fourth-order valence-electron chi connectivity index (χ4n) is 3.95. The summed E-state index contributed by atoms with van der Waals surface area (Å²) in [4.78, 5) is 1.79. The van der Waals surface area contributed by atoms with Crippen molar-refractivity contribution >= 4 is 34.6 Å². The van der Waals surface area contributed by atoms with Crippen LogP contribution >= 0.6 is 0 Å². The molecule has 0 N–H and O–H groups in total. The van der Waals surface area contributed by atoms with Gasteiger partial charge in [-0.05, 0) is 6.04 Å². The van der Waals surface area contributed by atoms with Crippen LogP contribution in [0.15, 0.2) is 83.8 Å². The highest BCUT2D eigenvalue weighted by Gasteiger charge is 2.42. The third-order valence-corrected chi connectivity index (χ3v) is 18.0. The molecule has 0 fully saturated rings. The van der Waals surface area contributed by atoms with Gasteiger partial charge in [-0.15, -0.1) is 12.3 Å². The molecule has 0 unspecified atom stereocenters. The molecular weight excluding hydrogens is 361 g/mol. The molecule has 0 aromatic heterocycles. The first-order valence-electron chi connectivity index (χ1n) is 9.57. The second kappa shape index (κ2) is 8.07. The van der Waals surface area contributed by atoms with Crippen molar-refractivity contribution in [2.75, 3.05) is 0 Å². The zero-order valence-electron chi connectivity index (χ0n) is 17.3. The van der Waals surface area contributed by atoms with E-state index in [2.05, 4.69) is 118 Å². The van der Waals surface area contributed by atoms with Crippen LogP contribution in [0.3, 0.4) is 0 Å². The summed E-state index contributed by atoms with van der Waals surface area (Å²) < 4.78 is 0. The summed E-state index contributed by atoms with van der Waals surface area (Å²) in [7, 11) is -4.95. The Morgan fingerprint density at radius 3 is 1.54 bits per heavy atom. The van der Waals surface area contributed by atoms with Crippen molar-refractivity contribution in [1.82, 2.24) is 0 Å². The van der Waals surface area contributed by atoms with Crippen LogP contribution in [0.4, 0.5) is 0 Å². The van der Waals surface area contributed by atoms with E-state index in [1.165, 1.54) is 10.4 Å². The summed E-state index contributed by atoms with van der Waals surface area (Å²) in [5.41, 5.74) is 2.76. The molecule has 0 aliphatic rings. The first-order chi connectivity index (χ1) is 12.1. The van der Waals surface area contributed by atoms with Crippen molar-refractivity contribution in [3.63, 3.8) is 0 Å². The quantitative estimate of drug-likeness (QED) is 0.420. The summed E-state index contributed by atoms with van der Waals surface area (Å²) in [6.07, 6.45) is 2.12. The van der Waals surface area contributed by atoms with Gasteiger partial charge in [0.05, 0.1) is 16.1 Å². The van der Waals surface area contributed by atoms with Gasteiger partial charge in [0.15, 0.2) is 0 Å². The summed E-state index contributed by atoms with van der Waals surface area (Å²) in [5, 5.41) is 3.06.